The van der Waals surface area contributed by atoms with Crippen LogP contribution < -0.4 is 5.32 Å². The SMILES string of the molecule is CC(C)C(C#N)C(=O)Nc1ccccc1C(C)(C)C. The van der Waals surface area contributed by atoms with Crippen LogP contribution in [0.5, 0.6) is 0 Å². The van der Waals surface area contributed by atoms with E-state index in [4.69, 9.17) is 5.26 Å². The number of para-hydroxylation sites is 1. The Hall–Kier alpha value is -1.82. The van der Waals surface area contributed by atoms with Gasteiger partial charge in [0.25, 0.3) is 0 Å². The molecule has 0 aliphatic rings. The molecule has 19 heavy (non-hydrogen) atoms. The van der Waals surface area contributed by atoms with Crippen LogP contribution in [0.15, 0.2) is 24.3 Å². The van der Waals surface area contributed by atoms with Gasteiger partial charge in [-0.2, -0.15) is 5.26 Å². The van der Waals surface area contributed by atoms with E-state index in [2.05, 4.69) is 32.2 Å². The minimum absolute atomic E-state index is 0.00630. The van der Waals surface area contributed by atoms with Crippen LogP contribution in [0.1, 0.15) is 40.2 Å². The molecular weight excluding hydrogens is 236 g/mol. The molecule has 0 radical (unpaired) electrons. The summed E-state index contributed by atoms with van der Waals surface area (Å²) in [5, 5.41) is 12.0. The fraction of sp³-hybridized carbons (Fsp3) is 0.500. The number of carbonyl (C=O) groups is 1. The second-order valence-electron chi connectivity index (χ2n) is 6.14. The molecule has 0 bridgehead atoms. The summed E-state index contributed by atoms with van der Waals surface area (Å²) >= 11 is 0. The van der Waals surface area contributed by atoms with Crippen LogP contribution >= 0.6 is 0 Å². The number of nitrogens with one attached hydrogen (secondary N) is 1. The molecule has 0 aliphatic carbocycles. The Morgan fingerprint density at radius 2 is 1.84 bits per heavy atom. The van der Waals surface area contributed by atoms with Crippen molar-refractivity contribution in [2.45, 2.75) is 40.0 Å². The second-order valence-corrected chi connectivity index (χ2v) is 6.14. The van der Waals surface area contributed by atoms with Crippen molar-refractivity contribution < 1.29 is 4.79 Å². The van der Waals surface area contributed by atoms with Crippen molar-refractivity contribution in [3.8, 4) is 6.07 Å². The van der Waals surface area contributed by atoms with Gasteiger partial charge in [-0.25, -0.2) is 0 Å². The summed E-state index contributed by atoms with van der Waals surface area (Å²) in [6, 6.07) is 9.81. The average Bonchev–Trinajstić information content (AvgIpc) is 2.28. The Morgan fingerprint density at radius 1 is 1.26 bits per heavy atom. The molecule has 0 saturated carbocycles. The Labute approximate surface area is 115 Å². The molecule has 0 aliphatic heterocycles. The summed E-state index contributed by atoms with van der Waals surface area (Å²) in [5.74, 6) is -0.839. The first kappa shape index (κ1) is 15.2. The van der Waals surface area contributed by atoms with E-state index in [9.17, 15) is 4.79 Å². The van der Waals surface area contributed by atoms with Gasteiger partial charge in [0.05, 0.1) is 6.07 Å². The molecule has 0 aromatic heterocycles. The van der Waals surface area contributed by atoms with Gasteiger partial charge in [-0.15, -0.1) is 0 Å². The van der Waals surface area contributed by atoms with Gasteiger partial charge >= 0.3 is 0 Å². The number of anilines is 1. The molecule has 1 aromatic carbocycles. The quantitative estimate of drug-likeness (QED) is 0.898. The fourth-order valence-electron chi connectivity index (χ4n) is 1.97. The molecule has 1 unspecified atom stereocenters. The van der Waals surface area contributed by atoms with Crippen LogP contribution in [0.3, 0.4) is 0 Å². The minimum Gasteiger partial charge on any atom is -0.325 e. The number of nitrogens with zero attached hydrogens (tertiary/aromatic N) is 1. The molecule has 3 heteroatoms. The van der Waals surface area contributed by atoms with Crippen molar-refractivity contribution in [3.05, 3.63) is 29.8 Å². The Kier molecular flexibility index (Phi) is 4.72. The lowest BCUT2D eigenvalue weighted by Gasteiger charge is -2.23. The molecule has 1 rings (SSSR count). The smallest absolute Gasteiger partial charge is 0.241 e. The summed E-state index contributed by atoms with van der Waals surface area (Å²) in [6.07, 6.45) is 0. The van der Waals surface area contributed by atoms with Crippen LogP contribution in [0.4, 0.5) is 5.69 Å². The van der Waals surface area contributed by atoms with Crippen LogP contribution in [0, 0.1) is 23.2 Å². The van der Waals surface area contributed by atoms with E-state index in [1.807, 2.05) is 38.1 Å². The van der Waals surface area contributed by atoms with Crippen LogP contribution in [0.2, 0.25) is 0 Å². The number of hydrogen-bond donors (Lipinski definition) is 1. The van der Waals surface area contributed by atoms with Gasteiger partial charge in [0, 0.05) is 5.69 Å². The van der Waals surface area contributed by atoms with Gasteiger partial charge in [0.1, 0.15) is 5.92 Å². The highest BCUT2D eigenvalue weighted by molar-refractivity contribution is 5.95. The van der Waals surface area contributed by atoms with Gasteiger partial charge in [-0.05, 0) is 23.0 Å². The molecule has 0 spiro atoms. The van der Waals surface area contributed by atoms with E-state index in [1.165, 1.54) is 0 Å². The molecule has 1 amide bonds. The fourth-order valence-corrected chi connectivity index (χ4v) is 1.97. The third-order valence-electron chi connectivity index (χ3n) is 3.08. The topological polar surface area (TPSA) is 52.9 Å². The average molecular weight is 258 g/mol. The van der Waals surface area contributed by atoms with E-state index >= 15 is 0 Å². The lowest BCUT2D eigenvalue weighted by molar-refractivity contribution is -0.119. The van der Waals surface area contributed by atoms with E-state index in [-0.39, 0.29) is 17.2 Å². The predicted molar refractivity (Wildman–Crippen MR) is 77.7 cm³/mol. The maximum atomic E-state index is 12.1. The van der Waals surface area contributed by atoms with E-state index in [0.717, 1.165) is 11.3 Å². The normalized spacial score (nSPS) is 12.9. The Morgan fingerprint density at radius 3 is 2.32 bits per heavy atom. The number of amides is 1. The first-order valence-electron chi connectivity index (χ1n) is 6.57. The van der Waals surface area contributed by atoms with Crippen LogP contribution in [-0.2, 0) is 10.2 Å². The lowest BCUT2D eigenvalue weighted by Crippen LogP contribution is -2.27. The van der Waals surface area contributed by atoms with Crippen molar-refractivity contribution in [3.63, 3.8) is 0 Å². The minimum atomic E-state index is -0.618. The first-order valence-corrected chi connectivity index (χ1v) is 6.57. The zero-order valence-electron chi connectivity index (χ0n) is 12.3. The van der Waals surface area contributed by atoms with Gasteiger partial charge < -0.3 is 5.32 Å². The maximum absolute atomic E-state index is 12.1. The molecule has 0 heterocycles. The Balaban J connectivity index is 3.02. The molecule has 1 aromatic rings. The largest absolute Gasteiger partial charge is 0.325 e. The van der Waals surface area contributed by atoms with E-state index < -0.39 is 5.92 Å². The van der Waals surface area contributed by atoms with Gasteiger partial charge in [-0.3, -0.25) is 4.79 Å². The zero-order chi connectivity index (χ0) is 14.6. The number of benzene rings is 1. The summed E-state index contributed by atoms with van der Waals surface area (Å²) in [7, 11) is 0. The molecular formula is C16H22N2O. The van der Waals surface area contributed by atoms with Crippen molar-refractivity contribution >= 4 is 11.6 Å². The monoisotopic (exact) mass is 258 g/mol. The highest BCUT2D eigenvalue weighted by atomic mass is 16.1. The zero-order valence-corrected chi connectivity index (χ0v) is 12.3. The van der Waals surface area contributed by atoms with Crippen molar-refractivity contribution in [1.82, 2.24) is 0 Å². The van der Waals surface area contributed by atoms with Crippen molar-refractivity contribution in [1.29, 1.82) is 5.26 Å². The van der Waals surface area contributed by atoms with Gasteiger partial charge in [-0.1, -0.05) is 52.8 Å². The summed E-state index contributed by atoms with van der Waals surface area (Å²) in [5.41, 5.74) is 1.81. The molecule has 3 nitrogen and oxygen atoms in total. The predicted octanol–water partition coefficient (Wildman–Crippen LogP) is 3.72. The number of carbonyl (C=O) groups excluding carboxylic acids is 1. The maximum Gasteiger partial charge on any atom is 0.241 e. The molecule has 102 valence electrons. The Bertz CT molecular complexity index is 492. The summed E-state index contributed by atoms with van der Waals surface area (Å²) in [6.45, 7) is 10.1. The molecule has 1 N–H and O–H groups in total. The first-order chi connectivity index (χ1) is 8.77. The van der Waals surface area contributed by atoms with Crippen LogP contribution in [-0.4, -0.2) is 5.91 Å². The number of rotatable bonds is 3. The van der Waals surface area contributed by atoms with Crippen molar-refractivity contribution in [2.24, 2.45) is 11.8 Å². The summed E-state index contributed by atoms with van der Waals surface area (Å²) in [4.78, 5) is 12.1. The van der Waals surface area contributed by atoms with E-state index in [1.54, 1.807) is 0 Å². The van der Waals surface area contributed by atoms with E-state index in [0.29, 0.717) is 0 Å². The molecule has 1 atom stereocenters. The number of hydrogen-bond acceptors (Lipinski definition) is 2. The van der Waals surface area contributed by atoms with Crippen LogP contribution in [0.25, 0.3) is 0 Å². The highest BCUT2D eigenvalue weighted by Gasteiger charge is 2.24. The lowest BCUT2D eigenvalue weighted by atomic mass is 9.85. The van der Waals surface area contributed by atoms with Crippen molar-refractivity contribution in [2.75, 3.05) is 5.32 Å². The molecule has 0 saturated heterocycles. The van der Waals surface area contributed by atoms with Gasteiger partial charge in [0.15, 0.2) is 0 Å². The standard InChI is InChI=1S/C16H22N2O/c1-11(2)12(10-17)15(19)18-14-9-7-6-8-13(14)16(3,4)5/h6-9,11-12H,1-5H3,(H,18,19). The highest BCUT2D eigenvalue weighted by Crippen LogP contribution is 2.29. The molecule has 0 fully saturated rings. The second kappa shape index (κ2) is 5.88. The number of nitriles is 1. The third-order valence-corrected chi connectivity index (χ3v) is 3.08. The van der Waals surface area contributed by atoms with Gasteiger partial charge in [0.2, 0.25) is 5.91 Å². The summed E-state index contributed by atoms with van der Waals surface area (Å²) < 4.78 is 0. The third kappa shape index (κ3) is 3.82.